The van der Waals surface area contributed by atoms with Crippen LogP contribution in [0, 0.1) is 0 Å². The van der Waals surface area contributed by atoms with Gasteiger partial charge in [-0.3, -0.25) is 14.4 Å². The van der Waals surface area contributed by atoms with Crippen LogP contribution in [0.1, 0.15) is 24.8 Å². The molecule has 1 rings (SSSR count). The first-order valence-corrected chi connectivity index (χ1v) is 5.57. The third-order valence-corrected chi connectivity index (χ3v) is 2.38. The lowest BCUT2D eigenvalue weighted by atomic mass is 10.1. The van der Waals surface area contributed by atoms with Gasteiger partial charge in [-0.2, -0.15) is 0 Å². The zero-order chi connectivity index (χ0) is 17.4. The molecule has 1 aliphatic heterocycles. The van der Waals surface area contributed by atoms with Gasteiger partial charge in [-0.1, -0.05) is 0 Å². The van der Waals surface area contributed by atoms with Gasteiger partial charge in [0.25, 0.3) is 0 Å². The predicted octanol–water partition coefficient (Wildman–Crippen LogP) is -0.216. The van der Waals surface area contributed by atoms with Crippen molar-refractivity contribution < 1.29 is 42.2 Å². The van der Waals surface area contributed by atoms with E-state index in [0.29, 0.717) is 0 Å². The van der Waals surface area contributed by atoms with Gasteiger partial charge in [0.15, 0.2) is 6.10 Å². The van der Waals surface area contributed by atoms with Crippen molar-refractivity contribution in [3.8, 4) is 0 Å². The molecular weight excluding hydrogens is 272 g/mol. The Bertz CT molecular complexity index is 433. The maximum atomic E-state index is 11.4. The molecule has 114 valence electrons. The van der Waals surface area contributed by atoms with E-state index in [1.54, 1.807) is 0 Å². The number of rotatable bonds is 5. The maximum Gasteiger partial charge on any atom is 0.305 e. The average Bonchev–Trinajstić information content (AvgIpc) is 2.84. The van der Waals surface area contributed by atoms with Crippen LogP contribution in [0.15, 0.2) is 0 Å². The van der Waals surface area contributed by atoms with Crippen LogP contribution < -0.4 is 0 Å². The quantitative estimate of drug-likeness (QED) is 0.507. The summed E-state index contributed by atoms with van der Waals surface area (Å²) in [4.78, 5) is 34.0. The number of carbonyl (C=O) groups excluding carboxylic acids is 3. The number of esters is 3. The average molecular weight is 293 g/mol. The number of hydrogen-bond donors (Lipinski definition) is 0. The van der Waals surface area contributed by atoms with Crippen LogP contribution in [0.25, 0.3) is 0 Å². The van der Waals surface area contributed by atoms with Crippen LogP contribution in [0.3, 0.4) is 0 Å². The van der Waals surface area contributed by atoms with Crippen molar-refractivity contribution >= 4 is 17.9 Å². The summed E-state index contributed by atoms with van der Waals surface area (Å²) < 4.78 is 46.0. The minimum atomic E-state index is -1.40. The van der Waals surface area contributed by atoms with E-state index in [1.165, 1.54) is 7.11 Å². The summed E-state index contributed by atoms with van der Waals surface area (Å²) >= 11 is 0. The van der Waals surface area contributed by atoms with Crippen LogP contribution >= 0.6 is 0 Å². The number of ether oxygens (including phenoxy) is 5. The van der Waals surface area contributed by atoms with Gasteiger partial charge < -0.3 is 23.7 Å². The second-order valence-electron chi connectivity index (χ2n) is 3.90. The topological polar surface area (TPSA) is 97.4 Å². The lowest BCUT2D eigenvalue weighted by molar-refractivity contribution is -0.196. The van der Waals surface area contributed by atoms with Crippen molar-refractivity contribution in [1.29, 1.82) is 0 Å². The summed E-state index contributed by atoms with van der Waals surface area (Å²) in [7, 11) is 1.36. The Kier molecular flexibility index (Phi) is 4.36. The fourth-order valence-electron chi connectivity index (χ4n) is 1.79. The Morgan fingerprint density at radius 1 is 1.00 bits per heavy atom. The van der Waals surface area contributed by atoms with Gasteiger partial charge in [0.1, 0.15) is 6.10 Å². The molecule has 0 radical (unpaired) electrons. The molecule has 0 aromatic heterocycles. The molecule has 0 aliphatic carbocycles. The molecule has 20 heavy (non-hydrogen) atoms. The first-order valence-electron chi connectivity index (χ1n) is 7.69. The summed E-state index contributed by atoms with van der Waals surface area (Å²) in [5, 5.41) is 0. The Morgan fingerprint density at radius 3 is 2.10 bits per heavy atom. The summed E-state index contributed by atoms with van der Waals surface area (Å²) in [6, 6.07) is 0. The largest absolute Gasteiger partial charge is 0.455 e. The summed E-state index contributed by atoms with van der Waals surface area (Å²) in [5.74, 6) is -2.75. The molecule has 0 aromatic carbocycles. The Hall–Kier alpha value is -1.67. The molecule has 0 saturated carbocycles. The van der Waals surface area contributed by atoms with Crippen LogP contribution in [-0.2, 0) is 38.1 Å². The van der Waals surface area contributed by atoms with Gasteiger partial charge in [0.2, 0.25) is 12.4 Å². The zero-order valence-electron chi connectivity index (χ0n) is 13.9. The van der Waals surface area contributed by atoms with Gasteiger partial charge in [0, 0.05) is 31.9 Å². The van der Waals surface area contributed by atoms with E-state index in [0.717, 1.165) is 0 Å². The lowest BCUT2D eigenvalue weighted by Crippen LogP contribution is -2.41. The number of hydrogen-bond acceptors (Lipinski definition) is 8. The van der Waals surface area contributed by atoms with E-state index in [1.807, 2.05) is 0 Å². The highest BCUT2D eigenvalue weighted by molar-refractivity contribution is 5.68. The molecule has 1 saturated heterocycles. The van der Waals surface area contributed by atoms with E-state index >= 15 is 0 Å². The highest BCUT2D eigenvalue weighted by atomic mass is 16.7. The van der Waals surface area contributed by atoms with Crippen molar-refractivity contribution in [3.05, 3.63) is 0 Å². The van der Waals surface area contributed by atoms with Crippen LogP contribution in [0.2, 0.25) is 0 Å². The minimum Gasteiger partial charge on any atom is -0.455 e. The van der Waals surface area contributed by atoms with Crippen LogP contribution in [-0.4, -0.2) is 56.2 Å². The predicted molar refractivity (Wildman–Crippen MR) is 63.4 cm³/mol. The van der Waals surface area contributed by atoms with Crippen molar-refractivity contribution in [2.75, 3.05) is 13.7 Å². The molecule has 1 unspecified atom stereocenters. The van der Waals surface area contributed by atoms with E-state index in [9.17, 15) is 14.4 Å². The third-order valence-electron chi connectivity index (χ3n) is 2.38. The van der Waals surface area contributed by atoms with E-state index < -0.39 is 63.2 Å². The highest BCUT2D eigenvalue weighted by Gasteiger charge is 2.50. The molecule has 1 heterocycles. The summed E-state index contributed by atoms with van der Waals surface area (Å²) in [6.45, 7) is -2.08. The molecule has 1 aliphatic rings. The molecule has 8 heteroatoms. The molecular formula is C12H18O8. The molecule has 0 amide bonds. The van der Waals surface area contributed by atoms with E-state index in [2.05, 4.69) is 0 Å². The number of methoxy groups -OCH3 is 1. The van der Waals surface area contributed by atoms with Crippen LogP contribution in [0.4, 0.5) is 0 Å². The van der Waals surface area contributed by atoms with Crippen molar-refractivity contribution in [2.24, 2.45) is 0 Å². The zero-order valence-corrected chi connectivity index (χ0v) is 10.9. The molecule has 0 spiro atoms. The van der Waals surface area contributed by atoms with E-state index in [4.69, 9.17) is 27.8 Å². The normalized spacial score (nSPS) is 30.8. The van der Waals surface area contributed by atoms with Gasteiger partial charge in [0.05, 0.1) is 6.61 Å². The second-order valence-corrected chi connectivity index (χ2v) is 3.90. The van der Waals surface area contributed by atoms with Crippen LogP contribution in [0.5, 0.6) is 0 Å². The third kappa shape index (κ3) is 4.46. The lowest BCUT2D eigenvalue weighted by Gasteiger charge is -2.22. The monoisotopic (exact) mass is 293 g/mol. The highest BCUT2D eigenvalue weighted by Crippen LogP contribution is 2.28. The smallest absolute Gasteiger partial charge is 0.305 e. The number of carbonyl (C=O) groups is 3. The Balaban J connectivity index is 2.97. The molecule has 0 aromatic rings. The fraction of sp³-hybridized carbons (Fsp3) is 0.750. The van der Waals surface area contributed by atoms with Crippen molar-refractivity contribution in [3.63, 3.8) is 0 Å². The van der Waals surface area contributed by atoms with Gasteiger partial charge >= 0.3 is 17.9 Å². The standard InChI is InChI=1S/C12H18O8/c1-6(13)17-10-9(5-16-4)20-12(19-8(3)15)11(10)18-7(2)14/h9-12H,5H2,1-4H3/t9-,10-,11-,12?/m1/s1/i1D,2D,3D. The Morgan fingerprint density at radius 2 is 1.55 bits per heavy atom. The molecule has 0 N–H and O–H groups in total. The fourth-order valence-corrected chi connectivity index (χ4v) is 1.79. The summed E-state index contributed by atoms with van der Waals surface area (Å²) in [5.41, 5.74) is 0. The molecule has 8 nitrogen and oxygen atoms in total. The van der Waals surface area contributed by atoms with Gasteiger partial charge in [-0.05, 0) is 0 Å². The molecule has 0 bridgehead atoms. The minimum absolute atomic E-state index is 0.0558. The second kappa shape index (κ2) is 7.20. The maximum absolute atomic E-state index is 11.4. The van der Waals surface area contributed by atoms with Gasteiger partial charge in [-0.15, -0.1) is 0 Å². The SMILES string of the molecule is [2H]CC(=O)OC1O[C@H](COC)[C@@H](OC(=O)C[2H])[C@H]1OC(=O)C[2H]. The summed E-state index contributed by atoms with van der Waals surface area (Å²) in [6.07, 6.45) is -4.76. The van der Waals surface area contributed by atoms with Crippen molar-refractivity contribution in [2.45, 2.75) is 45.3 Å². The Labute approximate surface area is 120 Å². The van der Waals surface area contributed by atoms with Gasteiger partial charge in [-0.25, -0.2) is 0 Å². The first-order chi connectivity index (χ1) is 11.0. The first kappa shape index (κ1) is 12.1. The molecule has 1 fully saturated rings. The van der Waals surface area contributed by atoms with E-state index in [-0.39, 0.29) is 6.61 Å². The van der Waals surface area contributed by atoms with Crippen molar-refractivity contribution in [1.82, 2.24) is 0 Å². The molecule has 4 atom stereocenters.